The Labute approximate surface area is 93.3 Å². The largest absolute Gasteiger partial charge is 0.265 e. The van der Waals surface area contributed by atoms with Crippen molar-refractivity contribution in [2.45, 2.75) is 6.92 Å². The van der Waals surface area contributed by atoms with Gasteiger partial charge in [0.2, 0.25) is 0 Å². The fraction of sp³-hybridized carbons (Fsp3) is 0.0833. The molecular weight excluding hydrogens is 200 g/mol. The quantitative estimate of drug-likeness (QED) is 0.774. The summed E-state index contributed by atoms with van der Waals surface area (Å²) in [6.45, 7) is 1.81. The maximum atomic E-state index is 8.99. The third-order valence-corrected chi connectivity index (χ3v) is 2.17. The van der Waals surface area contributed by atoms with Gasteiger partial charge in [0.25, 0.3) is 0 Å². The van der Waals surface area contributed by atoms with E-state index >= 15 is 0 Å². The zero-order chi connectivity index (χ0) is 11.4. The van der Waals surface area contributed by atoms with E-state index in [1.165, 1.54) is 0 Å². The first-order valence-electron chi connectivity index (χ1n) is 4.89. The van der Waals surface area contributed by atoms with E-state index in [0.717, 1.165) is 11.1 Å². The Morgan fingerprint density at radius 2 is 2.12 bits per heavy atom. The Hall–Kier alpha value is -2.41. The van der Waals surface area contributed by atoms with E-state index in [4.69, 9.17) is 5.26 Å². The van der Waals surface area contributed by atoms with Crippen LogP contribution in [0.1, 0.15) is 12.6 Å². The fourth-order valence-corrected chi connectivity index (χ4v) is 1.51. The van der Waals surface area contributed by atoms with Crippen LogP contribution in [-0.4, -0.2) is 16.4 Å². The minimum absolute atomic E-state index is 0.437. The summed E-state index contributed by atoms with van der Waals surface area (Å²) in [5.74, 6) is 0.547. The predicted molar refractivity (Wildman–Crippen MR) is 62.6 cm³/mol. The van der Waals surface area contributed by atoms with Gasteiger partial charge in [-0.05, 0) is 12.5 Å². The van der Waals surface area contributed by atoms with Crippen LogP contribution in [0.25, 0.3) is 11.1 Å². The van der Waals surface area contributed by atoms with Gasteiger partial charge in [-0.15, -0.1) is 0 Å². The van der Waals surface area contributed by atoms with Gasteiger partial charge >= 0.3 is 0 Å². The average Bonchev–Trinajstić information content (AvgIpc) is 2.74. The van der Waals surface area contributed by atoms with Gasteiger partial charge in [-0.3, -0.25) is 5.10 Å². The molecule has 0 atom stereocenters. The molecular formula is C12H10N4. The summed E-state index contributed by atoms with van der Waals surface area (Å²) in [6.07, 6.45) is 1.66. The highest BCUT2D eigenvalue weighted by molar-refractivity contribution is 5.80. The Bertz CT molecular complexity index is 546. The van der Waals surface area contributed by atoms with Crippen molar-refractivity contribution in [1.29, 1.82) is 5.26 Å². The van der Waals surface area contributed by atoms with Crippen molar-refractivity contribution in [3.05, 3.63) is 36.0 Å². The summed E-state index contributed by atoms with van der Waals surface area (Å²) in [7, 11) is 0. The normalized spacial score (nSPS) is 10.5. The molecule has 1 aromatic carbocycles. The highest BCUT2D eigenvalue weighted by Gasteiger charge is 2.13. The first-order chi connectivity index (χ1) is 7.86. The molecule has 4 nitrogen and oxygen atoms in total. The van der Waals surface area contributed by atoms with Crippen molar-refractivity contribution in [3.8, 4) is 17.2 Å². The van der Waals surface area contributed by atoms with Gasteiger partial charge in [0.15, 0.2) is 5.82 Å². The maximum Gasteiger partial charge on any atom is 0.182 e. The SMILES string of the molecule is CC=Nc1n[nH]c(C#N)c1-c1ccccc1. The van der Waals surface area contributed by atoms with Crippen LogP contribution in [-0.2, 0) is 0 Å². The fourth-order valence-electron chi connectivity index (χ4n) is 1.51. The van der Waals surface area contributed by atoms with Gasteiger partial charge < -0.3 is 0 Å². The maximum absolute atomic E-state index is 8.99. The number of benzene rings is 1. The van der Waals surface area contributed by atoms with Gasteiger partial charge in [0.05, 0.1) is 5.56 Å². The number of aliphatic imine (C=N–C) groups is 1. The second kappa shape index (κ2) is 4.41. The molecule has 0 radical (unpaired) electrons. The van der Waals surface area contributed by atoms with Crippen LogP contribution >= 0.6 is 0 Å². The molecule has 0 unspecified atom stereocenters. The number of aromatic amines is 1. The van der Waals surface area contributed by atoms with E-state index in [1.807, 2.05) is 37.3 Å². The Morgan fingerprint density at radius 3 is 2.75 bits per heavy atom. The molecule has 16 heavy (non-hydrogen) atoms. The summed E-state index contributed by atoms with van der Waals surface area (Å²) in [5.41, 5.74) is 2.13. The summed E-state index contributed by atoms with van der Waals surface area (Å²) in [4.78, 5) is 4.13. The van der Waals surface area contributed by atoms with Crippen LogP contribution in [0, 0.1) is 11.3 Å². The van der Waals surface area contributed by atoms with E-state index in [1.54, 1.807) is 6.21 Å². The van der Waals surface area contributed by atoms with Crippen LogP contribution in [0.3, 0.4) is 0 Å². The smallest absolute Gasteiger partial charge is 0.182 e. The first-order valence-corrected chi connectivity index (χ1v) is 4.89. The number of H-pyrrole nitrogens is 1. The molecule has 78 valence electrons. The summed E-state index contributed by atoms with van der Waals surface area (Å²) < 4.78 is 0. The van der Waals surface area contributed by atoms with Crippen LogP contribution in [0.2, 0.25) is 0 Å². The van der Waals surface area contributed by atoms with Crippen LogP contribution < -0.4 is 0 Å². The standard InChI is InChI=1S/C12H10N4/c1-2-14-12-11(10(8-13)15-16-12)9-6-4-3-5-7-9/h2-7H,1H3,(H,15,16). The Morgan fingerprint density at radius 1 is 1.38 bits per heavy atom. The molecule has 0 bridgehead atoms. The number of aromatic nitrogens is 2. The highest BCUT2D eigenvalue weighted by Crippen LogP contribution is 2.30. The molecule has 2 aromatic rings. The molecule has 0 amide bonds. The average molecular weight is 210 g/mol. The lowest BCUT2D eigenvalue weighted by atomic mass is 10.1. The number of rotatable bonds is 2. The number of nitrogens with zero attached hydrogens (tertiary/aromatic N) is 3. The first kappa shape index (κ1) is 10.1. The van der Waals surface area contributed by atoms with Crippen LogP contribution in [0.15, 0.2) is 35.3 Å². The predicted octanol–water partition coefficient (Wildman–Crippen LogP) is 2.67. The van der Waals surface area contributed by atoms with Crippen molar-refractivity contribution < 1.29 is 0 Å². The molecule has 0 fully saturated rings. The van der Waals surface area contributed by atoms with Gasteiger partial charge in [0.1, 0.15) is 11.8 Å². The van der Waals surface area contributed by atoms with Crippen molar-refractivity contribution in [2.24, 2.45) is 4.99 Å². The molecule has 0 saturated heterocycles. The van der Waals surface area contributed by atoms with E-state index in [9.17, 15) is 0 Å². The second-order valence-electron chi connectivity index (χ2n) is 3.16. The number of hydrogen-bond acceptors (Lipinski definition) is 3. The topological polar surface area (TPSA) is 64.8 Å². The van der Waals surface area contributed by atoms with E-state index < -0.39 is 0 Å². The number of nitriles is 1. The zero-order valence-corrected chi connectivity index (χ0v) is 8.81. The van der Waals surface area contributed by atoms with Crippen molar-refractivity contribution in [1.82, 2.24) is 10.2 Å². The minimum atomic E-state index is 0.437. The monoisotopic (exact) mass is 210 g/mol. The molecule has 0 aliphatic rings. The minimum Gasteiger partial charge on any atom is -0.265 e. The van der Waals surface area contributed by atoms with Crippen molar-refractivity contribution in [2.75, 3.05) is 0 Å². The molecule has 1 aromatic heterocycles. The Balaban J connectivity index is 2.63. The van der Waals surface area contributed by atoms with E-state index in [-0.39, 0.29) is 0 Å². The molecule has 0 aliphatic carbocycles. The molecule has 4 heteroatoms. The van der Waals surface area contributed by atoms with Gasteiger partial charge in [0, 0.05) is 6.21 Å². The summed E-state index contributed by atoms with van der Waals surface area (Å²) in [6, 6.07) is 11.7. The third-order valence-electron chi connectivity index (χ3n) is 2.17. The van der Waals surface area contributed by atoms with Gasteiger partial charge in [-0.1, -0.05) is 30.3 Å². The third kappa shape index (κ3) is 1.71. The van der Waals surface area contributed by atoms with Crippen LogP contribution in [0.4, 0.5) is 5.82 Å². The van der Waals surface area contributed by atoms with Crippen molar-refractivity contribution in [3.63, 3.8) is 0 Å². The second-order valence-corrected chi connectivity index (χ2v) is 3.16. The lowest BCUT2D eigenvalue weighted by molar-refractivity contribution is 1.07. The summed E-state index contributed by atoms with van der Waals surface area (Å²) in [5, 5.41) is 15.7. The zero-order valence-electron chi connectivity index (χ0n) is 8.81. The molecule has 1 heterocycles. The molecule has 1 N–H and O–H groups in total. The van der Waals surface area contributed by atoms with E-state index in [2.05, 4.69) is 21.3 Å². The number of nitrogens with one attached hydrogen (secondary N) is 1. The van der Waals surface area contributed by atoms with Crippen LogP contribution in [0.5, 0.6) is 0 Å². The summed E-state index contributed by atoms with van der Waals surface area (Å²) >= 11 is 0. The molecule has 2 rings (SSSR count). The van der Waals surface area contributed by atoms with Crippen molar-refractivity contribution >= 4 is 12.0 Å². The highest BCUT2D eigenvalue weighted by atomic mass is 15.2. The Kier molecular flexibility index (Phi) is 2.79. The molecule has 0 aliphatic heterocycles. The molecule has 0 saturated carbocycles. The van der Waals surface area contributed by atoms with Gasteiger partial charge in [-0.25, -0.2) is 4.99 Å². The lowest BCUT2D eigenvalue weighted by Gasteiger charge is -1.98. The molecule has 0 spiro atoms. The number of hydrogen-bond donors (Lipinski definition) is 1. The van der Waals surface area contributed by atoms with E-state index in [0.29, 0.717) is 11.5 Å². The lowest BCUT2D eigenvalue weighted by Crippen LogP contribution is -1.80. The van der Waals surface area contributed by atoms with Gasteiger partial charge in [-0.2, -0.15) is 10.4 Å².